The molecule has 1 aromatic carbocycles. The van der Waals surface area contributed by atoms with E-state index in [1.807, 2.05) is 24.3 Å². The summed E-state index contributed by atoms with van der Waals surface area (Å²) >= 11 is 5.68. The minimum atomic E-state index is 0.727. The second kappa shape index (κ2) is 9.57. The Bertz CT molecular complexity index is 446. The number of hydrogen-bond acceptors (Lipinski definition) is 1. The summed E-state index contributed by atoms with van der Waals surface area (Å²) < 4.78 is 0. The minimum absolute atomic E-state index is 0.727. The second-order valence-corrected chi connectivity index (χ2v) is 4.95. The van der Waals surface area contributed by atoms with Crippen LogP contribution in [0.15, 0.2) is 42.0 Å². The van der Waals surface area contributed by atoms with Gasteiger partial charge in [0.25, 0.3) is 0 Å². The minimum Gasteiger partial charge on any atom is -0.299 e. The van der Waals surface area contributed by atoms with Crippen molar-refractivity contribution in [2.24, 2.45) is 0 Å². The van der Waals surface area contributed by atoms with Gasteiger partial charge in [-0.05, 0) is 49.8 Å². The Morgan fingerprint density at radius 3 is 2.84 bits per heavy atom. The standard InChI is InChI=1S/C17H21ClO/c1-15(8-5-13-18)7-4-11-16-9-2-3-10-17(16)12-6-14-19/h2-3,6-7,9-10,12,14H,4-5,8,11,13H2,1H3/b12-6+,15-7+. The molecule has 0 radical (unpaired) electrons. The number of allylic oxidation sites excluding steroid dienone is 3. The number of carbonyl (C=O) groups excluding carboxylic acids is 1. The van der Waals surface area contributed by atoms with Gasteiger partial charge < -0.3 is 0 Å². The lowest BCUT2D eigenvalue weighted by atomic mass is 10.0. The zero-order chi connectivity index (χ0) is 13.9. The molecule has 0 amide bonds. The summed E-state index contributed by atoms with van der Waals surface area (Å²) in [6, 6.07) is 8.19. The fourth-order valence-electron chi connectivity index (χ4n) is 1.99. The predicted molar refractivity (Wildman–Crippen MR) is 83.6 cm³/mol. The molecule has 0 bridgehead atoms. The highest BCUT2D eigenvalue weighted by Crippen LogP contribution is 2.14. The number of hydrogen-bond donors (Lipinski definition) is 0. The van der Waals surface area contributed by atoms with E-state index in [0.29, 0.717) is 0 Å². The van der Waals surface area contributed by atoms with Gasteiger partial charge >= 0.3 is 0 Å². The summed E-state index contributed by atoms with van der Waals surface area (Å²) in [5.41, 5.74) is 3.81. The largest absolute Gasteiger partial charge is 0.299 e. The molecular formula is C17H21ClO. The van der Waals surface area contributed by atoms with Crippen molar-refractivity contribution in [2.45, 2.75) is 32.6 Å². The van der Waals surface area contributed by atoms with Gasteiger partial charge in [0.15, 0.2) is 0 Å². The number of rotatable bonds is 8. The van der Waals surface area contributed by atoms with Crippen LogP contribution in [0.5, 0.6) is 0 Å². The van der Waals surface area contributed by atoms with Crippen molar-refractivity contribution >= 4 is 24.0 Å². The van der Waals surface area contributed by atoms with Crippen molar-refractivity contribution in [2.75, 3.05) is 5.88 Å². The van der Waals surface area contributed by atoms with Crippen molar-refractivity contribution in [3.8, 4) is 0 Å². The van der Waals surface area contributed by atoms with E-state index in [2.05, 4.69) is 19.1 Å². The van der Waals surface area contributed by atoms with Crippen LogP contribution >= 0.6 is 11.6 Å². The molecule has 0 atom stereocenters. The van der Waals surface area contributed by atoms with Crippen molar-refractivity contribution in [3.05, 3.63) is 53.1 Å². The molecule has 0 aliphatic heterocycles. The van der Waals surface area contributed by atoms with E-state index in [1.54, 1.807) is 6.08 Å². The maximum Gasteiger partial charge on any atom is 0.142 e. The van der Waals surface area contributed by atoms with Crippen molar-refractivity contribution in [1.82, 2.24) is 0 Å². The highest BCUT2D eigenvalue weighted by molar-refractivity contribution is 6.17. The number of aldehydes is 1. The van der Waals surface area contributed by atoms with Crippen LogP contribution in [0.4, 0.5) is 0 Å². The number of benzene rings is 1. The Hall–Kier alpha value is -1.34. The third kappa shape index (κ3) is 6.40. The SMILES string of the molecule is C/C(=C\CCc1ccccc1/C=C/C=O)CCCCl. The summed E-state index contributed by atoms with van der Waals surface area (Å²) in [5, 5.41) is 0. The predicted octanol–water partition coefficient (Wildman–Crippen LogP) is 4.80. The van der Waals surface area contributed by atoms with Crippen LogP contribution < -0.4 is 0 Å². The lowest BCUT2D eigenvalue weighted by Crippen LogP contribution is -1.89. The molecule has 1 rings (SSSR count). The van der Waals surface area contributed by atoms with Crippen LogP contribution in [0, 0.1) is 0 Å². The zero-order valence-corrected chi connectivity index (χ0v) is 12.2. The smallest absolute Gasteiger partial charge is 0.142 e. The highest BCUT2D eigenvalue weighted by Gasteiger charge is 1.98. The van der Waals surface area contributed by atoms with Crippen LogP contribution in [0.1, 0.15) is 37.3 Å². The van der Waals surface area contributed by atoms with Crippen LogP contribution in [0.25, 0.3) is 6.08 Å². The first-order chi connectivity index (χ1) is 9.27. The maximum absolute atomic E-state index is 10.4. The van der Waals surface area contributed by atoms with Gasteiger partial charge in [-0.2, -0.15) is 0 Å². The Labute approximate surface area is 121 Å². The summed E-state index contributed by atoms with van der Waals surface area (Å²) in [6.07, 6.45) is 10.7. The van der Waals surface area contributed by atoms with Crippen LogP contribution in [0.2, 0.25) is 0 Å². The van der Waals surface area contributed by atoms with E-state index in [-0.39, 0.29) is 0 Å². The topological polar surface area (TPSA) is 17.1 Å². The molecule has 0 unspecified atom stereocenters. The van der Waals surface area contributed by atoms with E-state index >= 15 is 0 Å². The summed E-state index contributed by atoms with van der Waals surface area (Å²) in [7, 11) is 0. The van der Waals surface area contributed by atoms with Gasteiger partial charge in [0.1, 0.15) is 6.29 Å². The van der Waals surface area contributed by atoms with Crippen molar-refractivity contribution in [1.29, 1.82) is 0 Å². The van der Waals surface area contributed by atoms with Crippen molar-refractivity contribution < 1.29 is 4.79 Å². The number of aryl methyl sites for hydroxylation is 1. The Morgan fingerprint density at radius 1 is 1.32 bits per heavy atom. The number of carbonyl (C=O) groups is 1. The lowest BCUT2D eigenvalue weighted by Gasteiger charge is -2.05. The van der Waals surface area contributed by atoms with E-state index in [1.165, 1.54) is 11.1 Å². The molecule has 2 heteroatoms. The Balaban J connectivity index is 2.57. The Morgan fingerprint density at radius 2 is 2.11 bits per heavy atom. The molecular weight excluding hydrogens is 256 g/mol. The second-order valence-electron chi connectivity index (χ2n) is 4.58. The summed E-state index contributed by atoms with van der Waals surface area (Å²) in [6.45, 7) is 2.16. The molecule has 0 fully saturated rings. The molecule has 0 saturated carbocycles. The van der Waals surface area contributed by atoms with Crippen molar-refractivity contribution in [3.63, 3.8) is 0 Å². The Kier molecular flexibility index (Phi) is 7.92. The fourth-order valence-corrected chi connectivity index (χ4v) is 2.12. The zero-order valence-electron chi connectivity index (χ0n) is 11.4. The molecule has 0 spiro atoms. The van der Waals surface area contributed by atoms with Gasteiger partial charge in [0, 0.05) is 5.88 Å². The summed E-state index contributed by atoms with van der Waals surface area (Å²) in [4.78, 5) is 10.4. The molecule has 0 saturated heterocycles. The first-order valence-corrected chi connectivity index (χ1v) is 7.22. The van der Waals surface area contributed by atoms with Crippen LogP contribution in [0.3, 0.4) is 0 Å². The van der Waals surface area contributed by atoms with Gasteiger partial charge in [0.05, 0.1) is 0 Å². The molecule has 0 heterocycles. The first kappa shape index (κ1) is 15.7. The third-order valence-electron chi connectivity index (χ3n) is 3.02. The average molecular weight is 277 g/mol. The monoisotopic (exact) mass is 276 g/mol. The van der Waals surface area contributed by atoms with Gasteiger partial charge in [-0.1, -0.05) is 42.0 Å². The van der Waals surface area contributed by atoms with Crippen LogP contribution in [-0.2, 0) is 11.2 Å². The molecule has 0 N–H and O–H groups in total. The number of halogens is 1. The van der Waals surface area contributed by atoms with Gasteiger partial charge in [-0.25, -0.2) is 0 Å². The van der Waals surface area contributed by atoms with Gasteiger partial charge in [0.2, 0.25) is 0 Å². The molecule has 1 nitrogen and oxygen atoms in total. The maximum atomic E-state index is 10.4. The highest BCUT2D eigenvalue weighted by atomic mass is 35.5. The quantitative estimate of drug-likeness (QED) is 0.289. The van der Waals surface area contributed by atoms with E-state index < -0.39 is 0 Å². The molecule has 0 aromatic heterocycles. The fraction of sp³-hybridized carbons (Fsp3) is 0.353. The lowest BCUT2D eigenvalue weighted by molar-refractivity contribution is -0.104. The molecule has 0 aliphatic rings. The van der Waals surface area contributed by atoms with E-state index in [9.17, 15) is 4.79 Å². The molecule has 1 aromatic rings. The van der Waals surface area contributed by atoms with Crippen LogP contribution in [-0.4, -0.2) is 12.2 Å². The average Bonchev–Trinajstić information content (AvgIpc) is 2.44. The van der Waals surface area contributed by atoms with E-state index in [0.717, 1.165) is 43.4 Å². The normalized spacial score (nSPS) is 12.0. The number of alkyl halides is 1. The first-order valence-electron chi connectivity index (χ1n) is 6.69. The molecule has 19 heavy (non-hydrogen) atoms. The molecule has 0 aliphatic carbocycles. The molecule has 102 valence electrons. The van der Waals surface area contributed by atoms with Gasteiger partial charge in [-0.15, -0.1) is 11.6 Å². The summed E-state index contributed by atoms with van der Waals surface area (Å²) in [5.74, 6) is 0.727. The third-order valence-corrected chi connectivity index (χ3v) is 3.29. The van der Waals surface area contributed by atoms with E-state index in [4.69, 9.17) is 11.6 Å². The van der Waals surface area contributed by atoms with Gasteiger partial charge in [-0.3, -0.25) is 4.79 Å².